The molecule has 0 radical (unpaired) electrons. The molecule has 7 heteroatoms. The van der Waals surface area contributed by atoms with Gasteiger partial charge in [0.15, 0.2) is 0 Å². The highest BCUT2D eigenvalue weighted by Crippen LogP contribution is 2.25. The fourth-order valence-corrected chi connectivity index (χ4v) is 2.42. The molecule has 0 spiro atoms. The van der Waals surface area contributed by atoms with E-state index in [9.17, 15) is 9.59 Å². The van der Waals surface area contributed by atoms with Crippen LogP contribution in [0.4, 0.5) is 0 Å². The third kappa shape index (κ3) is 3.75. The second-order valence-electron chi connectivity index (χ2n) is 3.99. The van der Waals surface area contributed by atoms with Crippen molar-refractivity contribution in [3.8, 4) is 0 Å². The lowest BCUT2D eigenvalue weighted by Gasteiger charge is -2.09. The van der Waals surface area contributed by atoms with Gasteiger partial charge in [-0.2, -0.15) is 0 Å². The Morgan fingerprint density at radius 2 is 1.43 bits per heavy atom. The van der Waals surface area contributed by atoms with E-state index in [1.807, 2.05) is 0 Å². The van der Waals surface area contributed by atoms with Crippen molar-refractivity contribution in [2.45, 2.75) is 0 Å². The second-order valence-corrected chi connectivity index (χ2v) is 5.63. The number of carbonyl (C=O) groups excluding carboxylic acids is 2. The fraction of sp³-hybridized carbons (Fsp3) is 0. The lowest BCUT2D eigenvalue weighted by atomic mass is 10.2. The normalized spacial score (nSPS) is 10.0. The maximum absolute atomic E-state index is 12.0. The van der Waals surface area contributed by atoms with Gasteiger partial charge in [-0.25, -0.2) is 0 Å². The van der Waals surface area contributed by atoms with Crippen LogP contribution in [0.2, 0.25) is 10.0 Å². The number of hydrazine groups is 1. The largest absolute Gasteiger partial charge is 0.271 e. The number of hydrogen-bond acceptors (Lipinski definition) is 2. The van der Waals surface area contributed by atoms with Crippen LogP contribution in [0.25, 0.3) is 0 Å². The molecule has 21 heavy (non-hydrogen) atoms. The lowest BCUT2D eigenvalue weighted by molar-refractivity contribution is 0.0846. The Balaban J connectivity index is 2.06. The van der Waals surface area contributed by atoms with Gasteiger partial charge in [-0.05, 0) is 40.2 Å². The maximum Gasteiger partial charge on any atom is 0.271 e. The van der Waals surface area contributed by atoms with Crippen molar-refractivity contribution in [3.63, 3.8) is 0 Å². The monoisotopic (exact) mass is 386 g/mol. The second kappa shape index (κ2) is 6.93. The van der Waals surface area contributed by atoms with Crippen LogP contribution in [0.1, 0.15) is 20.7 Å². The predicted molar refractivity (Wildman–Crippen MR) is 85.5 cm³/mol. The van der Waals surface area contributed by atoms with Gasteiger partial charge in [-0.1, -0.05) is 41.4 Å². The van der Waals surface area contributed by atoms with Crippen LogP contribution >= 0.6 is 39.1 Å². The zero-order valence-electron chi connectivity index (χ0n) is 10.5. The first-order valence-electron chi connectivity index (χ1n) is 5.80. The molecule has 2 amide bonds. The van der Waals surface area contributed by atoms with Crippen molar-refractivity contribution < 1.29 is 9.59 Å². The molecule has 0 saturated heterocycles. The molecule has 2 rings (SSSR count). The van der Waals surface area contributed by atoms with Crippen LogP contribution < -0.4 is 10.9 Å². The van der Waals surface area contributed by atoms with E-state index in [2.05, 4.69) is 26.8 Å². The highest BCUT2D eigenvalue weighted by Gasteiger charge is 2.14. The summed E-state index contributed by atoms with van der Waals surface area (Å²) in [6.45, 7) is 0. The number of halogens is 3. The molecule has 2 aromatic carbocycles. The lowest BCUT2D eigenvalue weighted by Crippen LogP contribution is -2.41. The van der Waals surface area contributed by atoms with Crippen LogP contribution in [0.15, 0.2) is 46.9 Å². The van der Waals surface area contributed by atoms with Gasteiger partial charge in [-0.15, -0.1) is 0 Å². The first-order valence-corrected chi connectivity index (χ1v) is 7.35. The average molecular weight is 388 g/mol. The molecule has 0 fully saturated rings. The minimum atomic E-state index is -0.553. The van der Waals surface area contributed by atoms with E-state index in [-0.39, 0.29) is 15.6 Å². The smallest absolute Gasteiger partial charge is 0.267 e. The zero-order chi connectivity index (χ0) is 15.4. The van der Waals surface area contributed by atoms with Gasteiger partial charge >= 0.3 is 0 Å². The fourth-order valence-electron chi connectivity index (χ4n) is 1.57. The molecule has 0 aromatic heterocycles. The summed E-state index contributed by atoms with van der Waals surface area (Å²) in [6.07, 6.45) is 0. The number of benzene rings is 2. The zero-order valence-corrected chi connectivity index (χ0v) is 13.6. The summed E-state index contributed by atoms with van der Waals surface area (Å²) in [5.74, 6) is -1.00. The maximum atomic E-state index is 12.0. The predicted octanol–water partition coefficient (Wildman–Crippen LogP) is 3.83. The van der Waals surface area contributed by atoms with Crippen molar-refractivity contribution in [3.05, 3.63) is 68.1 Å². The highest BCUT2D eigenvalue weighted by molar-refractivity contribution is 9.10. The molecule has 0 bridgehead atoms. The van der Waals surface area contributed by atoms with Gasteiger partial charge in [0, 0.05) is 4.47 Å². The molecule has 0 atom stereocenters. The molecular formula is C14H9BrCl2N2O2. The molecule has 0 aliphatic carbocycles. The summed E-state index contributed by atoms with van der Waals surface area (Å²) in [4.78, 5) is 23.9. The number of hydrogen-bond donors (Lipinski definition) is 2. The molecule has 108 valence electrons. The Hall–Kier alpha value is -1.56. The van der Waals surface area contributed by atoms with Crippen molar-refractivity contribution in [1.82, 2.24) is 10.9 Å². The van der Waals surface area contributed by atoms with Crippen LogP contribution in [0, 0.1) is 0 Å². The van der Waals surface area contributed by atoms with Crippen LogP contribution in [-0.4, -0.2) is 11.8 Å². The van der Waals surface area contributed by atoms with Gasteiger partial charge in [0.25, 0.3) is 11.8 Å². The van der Waals surface area contributed by atoms with E-state index in [4.69, 9.17) is 23.2 Å². The van der Waals surface area contributed by atoms with E-state index in [1.165, 1.54) is 6.07 Å². The Morgan fingerprint density at radius 1 is 0.857 bits per heavy atom. The van der Waals surface area contributed by atoms with E-state index < -0.39 is 11.8 Å². The van der Waals surface area contributed by atoms with Gasteiger partial charge in [0.2, 0.25) is 0 Å². The summed E-state index contributed by atoms with van der Waals surface area (Å²) in [5.41, 5.74) is 5.18. The Morgan fingerprint density at radius 3 is 2.10 bits per heavy atom. The van der Waals surface area contributed by atoms with E-state index in [1.54, 1.807) is 36.4 Å². The van der Waals surface area contributed by atoms with Crippen molar-refractivity contribution >= 4 is 50.9 Å². The third-order valence-electron chi connectivity index (χ3n) is 2.60. The van der Waals surface area contributed by atoms with Crippen LogP contribution in [0.5, 0.6) is 0 Å². The molecule has 2 aromatic rings. The Labute approximate surface area is 139 Å². The van der Waals surface area contributed by atoms with Gasteiger partial charge in [-0.3, -0.25) is 20.4 Å². The van der Waals surface area contributed by atoms with Gasteiger partial charge in [0.05, 0.1) is 21.2 Å². The summed E-state index contributed by atoms with van der Waals surface area (Å²) < 4.78 is 0.623. The first kappa shape index (κ1) is 15.8. The minimum Gasteiger partial charge on any atom is -0.267 e. The standard InChI is InChI=1S/C14H9BrCl2N2O2/c15-10-6-2-1-4-8(10)13(20)18-19-14(21)9-5-3-7-11(16)12(9)17/h1-7H,(H,18,20)(H,19,21). The van der Waals surface area contributed by atoms with E-state index >= 15 is 0 Å². The number of amides is 2. The number of nitrogens with one attached hydrogen (secondary N) is 2. The first-order chi connectivity index (χ1) is 10.0. The van der Waals surface area contributed by atoms with Crippen molar-refractivity contribution in [2.75, 3.05) is 0 Å². The molecule has 0 heterocycles. The molecular weight excluding hydrogens is 379 g/mol. The summed E-state index contributed by atoms with van der Waals surface area (Å²) >= 11 is 15.0. The molecule has 0 aliphatic heterocycles. The summed E-state index contributed by atoms with van der Waals surface area (Å²) in [5, 5.41) is 0.397. The van der Waals surface area contributed by atoms with Crippen LogP contribution in [0.3, 0.4) is 0 Å². The van der Waals surface area contributed by atoms with E-state index in [0.717, 1.165) is 0 Å². The van der Waals surface area contributed by atoms with Crippen molar-refractivity contribution in [1.29, 1.82) is 0 Å². The molecule has 2 N–H and O–H groups in total. The topological polar surface area (TPSA) is 58.2 Å². The minimum absolute atomic E-state index is 0.131. The van der Waals surface area contributed by atoms with Gasteiger partial charge in [0.1, 0.15) is 0 Å². The Bertz CT molecular complexity index is 707. The molecule has 0 aliphatic rings. The summed E-state index contributed by atoms with van der Waals surface area (Å²) in [7, 11) is 0. The number of rotatable bonds is 2. The highest BCUT2D eigenvalue weighted by atomic mass is 79.9. The Kier molecular flexibility index (Phi) is 5.22. The van der Waals surface area contributed by atoms with Crippen LogP contribution in [-0.2, 0) is 0 Å². The molecule has 0 saturated carbocycles. The average Bonchev–Trinajstić information content (AvgIpc) is 2.47. The third-order valence-corrected chi connectivity index (χ3v) is 4.11. The quantitative estimate of drug-likeness (QED) is 0.769. The number of carbonyl (C=O) groups is 2. The van der Waals surface area contributed by atoms with Gasteiger partial charge < -0.3 is 0 Å². The van der Waals surface area contributed by atoms with Crippen molar-refractivity contribution in [2.24, 2.45) is 0 Å². The SMILES string of the molecule is O=C(NNC(=O)c1cccc(Cl)c1Cl)c1ccccc1Br. The van der Waals surface area contributed by atoms with E-state index in [0.29, 0.717) is 10.0 Å². The summed E-state index contributed by atoms with van der Waals surface area (Å²) in [6, 6.07) is 11.5. The molecule has 0 unspecified atom stereocenters. The molecule has 4 nitrogen and oxygen atoms in total.